The maximum Gasteiger partial charge on any atom is 2.00 e. The first kappa shape index (κ1) is 80.1. The van der Waals surface area contributed by atoms with Gasteiger partial charge >= 0.3 is 62.2 Å². The summed E-state index contributed by atoms with van der Waals surface area (Å²) in [5, 5.41) is 16.3. The normalized spacial score (nSPS) is 21.2. The van der Waals surface area contributed by atoms with E-state index in [1.807, 2.05) is 47.6 Å². The molecule has 8 heteroatoms. The largest absolute Gasteiger partial charge is 2.00 e. The van der Waals surface area contributed by atoms with Crippen molar-refractivity contribution in [1.29, 1.82) is 0 Å². The van der Waals surface area contributed by atoms with Crippen LogP contribution in [0.1, 0.15) is 184 Å². The molecule has 6 aliphatic heterocycles. The molecule has 35 rings (SSSR count). The molecule has 636 valence electrons. The smallest absolute Gasteiger partial charge is 0.350 e. The van der Waals surface area contributed by atoms with Crippen molar-refractivity contribution in [2.45, 2.75) is 133 Å². The van der Waals surface area contributed by atoms with E-state index in [1.54, 1.807) is 16.7 Å². The van der Waals surface area contributed by atoms with Gasteiger partial charge in [0.25, 0.3) is 0 Å². The molecule has 0 bridgehead atoms. The van der Waals surface area contributed by atoms with Crippen LogP contribution < -0.4 is 0 Å². The van der Waals surface area contributed by atoms with E-state index in [0.717, 1.165) is 16.7 Å². The second-order valence-corrected chi connectivity index (χ2v) is 38.6. The number of hydrogen-bond acceptors (Lipinski definition) is 0. The molecule has 134 heavy (non-hydrogen) atoms. The summed E-state index contributed by atoms with van der Waals surface area (Å²) < 4.78 is 15.7. The summed E-state index contributed by atoms with van der Waals surface area (Å²) in [5.41, 5.74) is 47.0. The zero-order valence-electron chi connectivity index (χ0n) is 76.0. The second kappa shape index (κ2) is 28.9. The molecule has 0 radical (unpaired) electrons. The average molecular weight is 2170 g/mol. The molecule has 12 heterocycles. The Balaban J connectivity index is 0.0000000969. The molecule has 3 spiro atoms. The number of rotatable bonds is 2. The molecule has 17 aromatic carbocycles. The number of nitrogens with zero attached hydrogens (tertiary/aromatic N) is 6. The van der Waals surface area contributed by atoms with E-state index in [-0.39, 0.29) is 78.5 Å². The summed E-state index contributed by atoms with van der Waals surface area (Å²) >= 11 is 0. The predicted molar refractivity (Wildman–Crippen MR) is 546 cm³/mol. The van der Waals surface area contributed by atoms with Crippen molar-refractivity contribution in [3.8, 4) is 56.4 Å². The first-order valence-electron chi connectivity index (χ1n) is 49.2. The van der Waals surface area contributed by atoms with Crippen LogP contribution in [0.4, 0.5) is 0 Å². The van der Waals surface area contributed by atoms with Crippen molar-refractivity contribution in [2.75, 3.05) is 0 Å². The summed E-state index contributed by atoms with van der Waals surface area (Å²) in [6.45, 7) is 12.0. The Morgan fingerprint density at radius 2 is 0.597 bits per heavy atom. The number of para-hydroxylation sites is 9. The fourth-order valence-electron chi connectivity index (χ4n) is 30.7. The Morgan fingerprint density at radius 3 is 1.04 bits per heavy atom. The molecule has 9 unspecified atom stereocenters. The van der Waals surface area contributed by atoms with Gasteiger partial charge < -0.3 is 27.4 Å². The van der Waals surface area contributed by atoms with Gasteiger partial charge in [0.05, 0.1) is 88.8 Å². The molecular weight excluding hydrogens is 2070 g/mol. The number of benzene rings is 17. The van der Waals surface area contributed by atoms with E-state index in [9.17, 15) is 0 Å². The summed E-state index contributed by atoms with van der Waals surface area (Å²) in [6.07, 6.45) is 11.4. The standard InChI is InChI=1S/2C42H26N2.C36H24N2.3C2H6.2U/c1-2-10-24(11-3-1)25-20-22-35-38-37(25)30-15-9-16-31(30)42(38)32-17-8-14-28-26-12-4-6-18-33(26)43(40(28)32)36-23-21-29-27-13-5-7-19-34(27)44(35)41(29)39(36)42;1-2-10-24(11-3-1)25-22-31-26-14-8-16-32(26)42-33-17-9-15-29-27-12-4-6-18-34(27)43(40(29)33)36-21-20-30-28-13-5-7-19-35(28)44(41(30)39(36)42)37(23-25)38(31)42;1-3-15-28-21(8-1)24-12-6-14-27-34(24)37(28)31-19-18-25-22-9-2-4-16-29(22)38-30-17-7-11-23-20-10-5-13-26(20)36(27,32(23)30)33(31)35(25)38;3*1-2;;/h1-8,10,12-14,17-19,21-23,30-31H,9,15-16H2;1-7,9-10,12-13,15,17-21,23,26,32H,8,14,16H2;1-4,6-9,11-12,14-20,26H,5,10,13H2;3*1-2H3;;/q2*-2;;;;;2*+2. The van der Waals surface area contributed by atoms with E-state index < -0.39 is 0 Å². The maximum absolute atomic E-state index is 4.09. The fourth-order valence-corrected chi connectivity index (χ4v) is 30.7. The third kappa shape index (κ3) is 9.21. The van der Waals surface area contributed by atoms with Crippen LogP contribution in [0, 0.1) is 104 Å². The van der Waals surface area contributed by atoms with Gasteiger partial charge in [-0.05, 0) is 162 Å². The van der Waals surface area contributed by atoms with Crippen LogP contribution in [-0.2, 0) is 16.2 Å². The summed E-state index contributed by atoms with van der Waals surface area (Å²) in [5.74, 6) is 3.24. The van der Waals surface area contributed by atoms with Crippen LogP contribution in [0.15, 0.2) is 315 Å². The van der Waals surface area contributed by atoms with Gasteiger partial charge in [-0.1, -0.05) is 278 Å². The molecule has 6 aromatic heterocycles. The molecule has 3 saturated carbocycles. The minimum atomic E-state index is -0.215. The maximum atomic E-state index is 4.09. The molecule has 0 saturated heterocycles. The van der Waals surface area contributed by atoms with Gasteiger partial charge in [0.1, 0.15) is 0 Å². The van der Waals surface area contributed by atoms with Gasteiger partial charge in [0.2, 0.25) is 0 Å². The van der Waals surface area contributed by atoms with E-state index >= 15 is 0 Å². The summed E-state index contributed by atoms with van der Waals surface area (Å²) in [6, 6.07) is 134. The minimum Gasteiger partial charge on any atom is -0.350 e. The van der Waals surface area contributed by atoms with Crippen LogP contribution in [0.25, 0.3) is 187 Å². The topological polar surface area (TPSA) is 29.6 Å². The van der Waals surface area contributed by atoms with Crippen LogP contribution in [0.5, 0.6) is 0 Å². The average Bonchev–Trinajstić information content (AvgIpc) is 1.47. The predicted octanol–water partition coefficient (Wildman–Crippen LogP) is 31.8. The Hall–Kier alpha value is -12.4. The van der Waals surface area contributed by atoms with E-state index in [4.69, 9.17) is 0 Å². The quantitative estimate of drug-likeness (QED) is 0.154. The molecular formula is C126H94N6U2. The summed E-state index contributed by atoms with van der Waals surface area (Å²) in [7, 11) is 0. The molecule has 0 N–H and O–H groups in total. The van der Waals surface area contributed by atoms with Gasteiger partial charge in [-0.3, -0.25) is 0 Å². The van der Waals surface area contributed by atoms with Crippen molar-refractivity contribution in [2.24, 2.45) is 17.8 Å². The van der Waals surface area contributed by atoms with Crippen molar-refractivity contribution in [3.05, 3.63) is 406 Å². The van der Waals surface area contributed by atoms with Gasteiger partial charge in [-0.15, -0.1) is 23.8 Å². The summed E-state index contributed by atoms with van der Waals surface area (Å²) in [4.78, 5) is 0. The molecule has 23 aromatic rings. The third-order valence-electron chi connectivity index (χ3n) is 34.2. The Morgan fingerprint density at radius 1 is 0.254 bits per heavy atom. The number of hydrogen-bond donors (Lipinski definition) is 0. The van der Waals surface area contributed by atoms with Crippen molar-refractivity contribution in [1.82, 2.24) is 27.4 Å². The number of fused-ring (bicyclic) bond motifs is 30. The van der Waals surface area contributed by atoms with Crippen LogP contribution in [0.2, 0.25) is 0 Å². The molecule has 6 nitrogen and oxygen atoms in total. The molecule has 0 amide bonds. The zero-order chi connectivity index (χ0) is 86.9. The van der Waals surface area contributed by atoms with Crippen molar-refractivity contribution < 1.29 is 62.2 Å². The molecule has 3 fully saturated rings. The van der Waals surface area contributed by atoms with Crippen molar-refractivity contribution in [3.63, 3.8) is 0 Å². The van der Waals surface area contributed by atoms with Gasteiger partial charge in [-0.25, -0.2) is 22.3 Å². The van der Waals surface area contributed by atoms with E-state index in [0.29, 0.717) is 35.5 Å². The van der Waals surface area contributed by atoms with Crippen LogP contribution >= 0.6 is 0 Å². The van der Waals surface area contributed by atoms with E-state index in [1.165, 1.54) is 278 Å². The van der Waals surface area contributed by atoms with Crippen molar-refractivity contribution >= 4 is 131 Å². The van der Waals surface area contributed by atoms with Gasteiger partial charge in [-0.2, -0.15) is 72.3 Å². The Bertz CT molecular complexity index is 9110. The Labute approximate surface area is 826 Å². The van der Waals surface area contributed by atoms with Gasteiger partial charge in [0, 0.05) is 97.7 Å². The van der Waals surface area contributed by atoms with Crippen LogP contribution in [-0.4, -0.2) is 27.4 Å². The molecule has 12 aliphatic rings. The van der Waals surface area contributed by atoms with E-state index in [2.05, 4.69) is 361 Å². The van der Waals surface area contributed by atoms with Crippen LogP contribution in [0.3, 0.4) is 0 Å². The molecule has 6 aliphatic carbocycles. The monoisotopic (exact) mass is 2170 g/mol. The van der Waals surface area contributed by atoms with Gasteiger partial charge in [0.15, 0.2) is 0 Å². The zero-order valence-corrected chi connectivity index (χ0v) is 84.4. The third-order valence-corrected chi connectivity index (χ3v) is 34.2. The Kier molecular flexibility index (Phi) is 17.3. The first-order valence-corrected chi connectivity index (χ1v) is 49.2. The first-order chi connectivity index (χ1) is 65.6. The fraction of sp³-hybridized carbons (Fsp3) is 0.190. The number of aromatic nitrogens is 6. The second-order valence-electron chi connectivity index (χ2n) is 38.6. The SMILES string of the molecule is CC.CC.CC.[U+2].[U+2].[c-]1ccccc1-c1[c-]c2c3c(c1)-n1c4ccccc4c4ccc5c(c41)C3(c1cccc3c4ccccc4n-5c13)C1CCCC21.[c-]1ccccc1-c1[c-]cc2c3c1C1CCCC1C31c3cccc4c5ccccc5n(c34)-c3ccc4c5ccccc5n-2c4c31.c1cc2c3c(c1)-n1c4ccccc4c4ccc5c(c41)C3(c1cccc3c4ccccc4n-5c13)C1CCCC21. The molecule has 9 atom stereocenters. The minimum absolute atomic E-state index is 0.